The number of allylic oxidation sites excluding steroid dienone is 1. The number of carbonyl (C=O) groups is 1. The van der Waals surface area contributed by atoms with Gasteiger partial charge in [0.25, 0.3) is 5.91 Å². The molecule has 0 radical (unpaired) electrons. The van der Waals surface area contributed by atoms with Crippen LogP contribution in [0.4, 0.5) is 0 Å². The standard InChI is InChI=1S/C21H32N2O4/c1-6-23-10-7-8-17(23)14-22-21(24)16-12-18(25-4)20(19(13-16)26-5)27-11-9-15(2)3/h9,12-13,17H,6-8,10-11,14H2,1-5H3,(H,22,24). The number of likely N-dealkylation sites (N-methyl/N-ethyl adjacent to an activating group) is 1. The van der Waals surface area contributed by atoms with Crippen LogP contribution in [0.3, 0.4) is 0 Å². The second-order valence-corrected chi connectivity index (χ2v) is 6.94. The Morgan fingerprint density at radius 1 is 1.26 bits per heavy atom. The van der Waals surface area contributed by atoms with Crippen LogP contribution in [0.2, 0.25) is 0 Å². The lowest BCUT2D eigenvalue weighted by atomic mass is 10.1. The summed E-state index contributed by atoms with van der Waals surface area (Å²) in [6.45, 7) is 9.36. The molecule has 1 aromatic carbocycles. The van der Waals surface area contributed by atoms with Gasteiger partial charge in [0.2, 0.25) is 5.75 Å². The Labute approximate surface area is 162 Å². The molecule has 1 N–H and O–H groups in total. The Kier molecular flexibility index (Phi) is 7.98. The molecule has 1 aromatic rings. The Bertz CT molecular complexity index is 643. The maximum Gasteiger partial charge on any atom is 0.251 e. The third-order valence-electron chi connectivity index (χ3n) is 4.85. The van der Waals surface area contributed by atoms with E-state index in [4.69, 9.17) is 14.2 Å². The summed E-state index contributed by atoms with van der Waals surface area (Å²) < 4.78 is 16.7. The highest BCUT2D eigenvalue weighted by Crippen LogP contribution is 2.38. The average Bonchev–Trinajstić information content (AvgIpc) is 3.13. The van der Waals surface area contributed by atoms with Crippen molar-refractivity contribution in [2.45, 2.75) is 39.7 Å². The summed E-state index contributed by atoms with van der Waals surface area (Å²) >= 11 is 0. The molecule has 0 spiro atoms. The monoisotopic (exact) mass is 376 g/mol. The van der Waals surface area contributed by atoms with Crippen LogP contribution in [-0.2, 0) is 0 Å². The van der Waals surface area contributed by atoms with Crippen LogP contribution in [0.5, 0.6) is 17.2 Å². The van der Waals surface area contributed by atoms with E-state index in [9.17, 15) is 4.79 Å². The molecule has 6 nitrogen and oxygen atoms in total. The molecular formula is C21H32N2O4. The van der Waals surface area contributed by atoms with E-state index in [2.05, 4.69) is 17.1 Å². The van der Waals surface area contributed by atoms with Crippen LogP contribution in [0.1, 0.15) is 44.0 Å². The Morgan fingerprint density at radius 2 is 1.93 bits per heavy atom. The number of methoxy groups -OCH3 is 2. The zero-order valence-corrected chi connectivity index (χ0v) is 17.1. The number of amides is 1. The van der Waals surface area contributed by atoms with E-state index in [-0.39, 0.29) is 5.91 Å². The second-order valence-electron chi connectivity index (χ2n) is 6.94. The number of carbonyl (C=O) groups excluding carboxylic acids is 1. The maximum absolute atomic E-state index is 12.7. The third-order valence-corrected chi connectivity index (χ3v) is 4.85. The molecular weight excluding hydrogens is 344 g/mol. The van der Waals surface area contributed by atoms with Crippen molar-refractivity contribution in [3.8, 4) is 17.2 Å². The van der Waals surface area contributed by atoms with Gasteiger partial charge in [0.15, 0.2) is 11.5 Å². The molecule has 2 rings (SSSR count). The van der Waals surface area contributed by atoms with Gasteiger partial charge in [-0.15, -0.1) is 0 Å². The van der Waals surface area contributed by atoms with E-state index in [0.29, 0.717) is 42.0 Å². The minimum Gasteiger partial charge on any atom is -0.493 e. The lowest BCUT2D eigenvalue weighted by Gasteiger charge is -2.23. The summed E-state index contributed by atoms with van der Waals surface area (Å²) in [5.41, 5.74) is 1.66. The first-order valence-corrected chi connectivity index (χ1v) is 9.54. The zero-order chi connectivity index (χ0) is 19.8. The zero-order valence-electron chi connectivity index (χ0n) is 17.1. The summed E-state index contributed by atoms with van der Waals surface area (Å²) in [5.74, 6) is 1.34. The Morgan fingerprint density at radius 3 is 2.48 bits per heavy atom. The summed E-state index contributed by atoms with van der Waals surface area (Å²) in [6, 6.07) is 3.80. The minimum absolute atomic E-state index is 0.134. The van der Waals surface area contributed by atoms with E-state index in [1.165, 1.54) is 6.42 Å². The molecule has 0 bridgehead atoms. The van der Waals surface area contributed by atoms with Crippen molar-refractivity contribution in [1.82, 2.24) is 10.2 Å². The number of nitrogens with zero attached hydrogens (tertiary/aromatic N) is 1. The van der Waals surface area contributed by atoms with Gasteiger partial charge in [0.1, 0.15) is 6.61 Å². The van der Waals surface area contributed by atoms with Gasteiger partial charge in [-0.3, -0.25) is 9.69 Å². The van der Waals surface area contributed by atoms with Gasteiger partial charge >= 0.3 is 0 Å². The van der Waals surface area contributed by atoms with Gasteiger partial charge < -0.3 is 19.5 Å². The first-order valence-electron chi connectivity index (χ1n) is 9.54. The van der Waals surface area contributed by atoms with Crippen LogP contribution in [0.25, 0.3) is 0 Å². The lowest BCUT2D eigenvalue weighted by Crippen LogP contribution is -2.40. The molecule has 1 fully saturated rings. The molecule has 150 valence electrons. The van der Waals surface area contributed by atoms with Gasteiger partial charge in [-0.1, -0.05) is 12.5 Å². The van der Waals surface area contributed by atoms with Gasteiger partial charge in [0.05, 0.1) is 14.2 Å². The molecule has 0 aliphatic carbocycles. The molecule has 0 aromatic heterocycles. The van der Waals surface area contributed by atoms with E-state index in [0.717, 1.165) is 25.1 Å². The van der Waals surface area contributed by atoms with Crippen molar-refractivity contribution >= 4 is 5.91 Å². The first kappa shape index (κ1) is 21.1. The van der Waals surface area contributed by atoms with Crippen LogP contribution in [-0.4, -0.2) is 57.3 Å². The van der Waals surface area contributed by atoms with Gasteiger partial charge in [-0.05, 0) is 58.0 Å². The van der Waals surface area contributed by atoms with E-state index < -0.39 is 0 Å². The van der Waals surface area contributed by atoms with Crippen molar-refractivity contribution in [2.75, 3.05) is 40.5 Å². The largest absolute Gasteiger partial charge is 0.493 e. The van der Waals surface area contributed by atoms with Crippen molar-refractivity contribution in [3.63, 3.8) is 0 Å². The summed E-state index contributed by atoms with van der Waals surface area (Å²) in [5, 5.41) is 3.04. The normalized spacial score (nSPS) is 16.7. The Hall–Kier alpha value is -2.21. The number of nitrogens with one attached hydrogen (secondary N) is 1. The van der Waals surface area contributed by atoms with Gasteiger partial charge in [-0.2, -0.15) is 0 Å². The highest BCUT2D eigenvalue weighted by Gasteiger charge is 2.24. The van der Waals surface area contributed by atoms with Gasteiger partial charge in [0, 0.05) is 18.2 Å². The topological polar surface area (TPSA) is 60.0 Å². The first-order chi connectivity index (χ1) is 13.0. The molecule has 1 atom stereocenters. The molecule has 1 aliphatic rings. The summed E-state index contributed by atoms with van der Waals surface area (Å²) in [7, 11) is 3.11. The molecule has 6 heteroatoms. The SMILES string of the molecule is CCN1CCCC1CNC(=O)c1cc(OC)c(OCC=C(C)C)c(OC)c1. The summed E-state index contributed by atoms with van der Waals surface area (Å²) in [6.07, 6.45) is 4.28. The van der Waals surface area contributed by atoms with E-state index in [1.54, 1.807) is 26.4 Å². The number of likely N-dealkylation sites (tertiary alicyclic amines) is 1. The smallest absolute Gasteiger partial charge is 0.251 e. The highest BCUT2D eigenvalue weighted by molar-refractivity contribution is 5.95. The number of rotatable bonds is 9. The van der Waals surface area contributed by atoms with Crippen molar-refractivity contribution in [3.05, 3.63) is 29.3 Å². The predicted octanol–water partition coefficient (Wildman–Crippen LogP) is 3.26. The number of benzene rings is 1. The van der Waals surface area contributed by atoms with Crippen molar-refractivity contribution in [2.24, 2.45) is 0 Å². The van der Waals surface area contributed by atoms with Crippen LogP contribution >= 0.6 is 0 Å². The summed E-state index contributed by atoms with van der Waals surface area (Å²) in [4.78, 5) is 15.1. The Balaban J connectivity index is 2.11. The minimum atomic E-state index is -0.134. The fraction of sp³-hybridized carbons (Fsp3) is 0.571. The number of hydrogen-bond donors (Lipinski definition) is 1. The van der Waals surface area contributed by atoms with Crippen LogP contribution < -0.4 is 19.5 Å². The average molecular weight is 376 g/mol. The fourth-order valence-electron chi connectivity index (χ4n) is 3.30. The highest BCUT2D eigenvalue weighted by atomic mass is 16.5. The van der Waals surface area contributed by atoms with Crippen LogP contribution in [0, 0.1) is 0 Å². The molecule has 1 saturated heterocycles. The quantitative estimate of drug-likeness (QED) is 0.671. The lowest BCUT2D eigenvalue weighted by molar-refractivity contribution is 0.0940. The van der Waals surface area contributed by atoms with Crippen molar-refractivity contribution in [1.29, 1.82) is 0 Å². The van der Waals surface area contributed by atoms with Gasteiger partial charge in [-0.25, -0.2) is 0 Å². The third kappa shape index (κ3) is 5.63. The fourth-order valence-corrected chi connectivity index (χ4v) is 3.30. The van der Waals surface area contributed by atoms with Crippen LogP contribution in [0.15, 0.2) is 23.8 Å². The number of ether oxygens (including phenoxy) is 3. The van der Waals surface area contributed by atoms with E-state index in [1.807, 2.05) is 19.9 Å². The molecule has 1 amide bonds. The van der Waals surface area contributed by atoms with Crippen molar-refractivity contribution < 1.29 is 19.0 Å². The molecule has 1 unspecified atom stereocenters. The number of hydrogen-bond acceptors (Lipinski definition) is 5. The second kappa shape index (κ2) is 10.2. The molecule has 1 aliphatic heterocycles. The molecule has 27 heavy (non-hydrogen) atoms. The molecule has 0 saturated carbocycles. The predicted molar refractivity (Wildman–Crippen MR) is 107 cm³/mol. The van der Waals surface area contributed by atoms with E-state index >= 15 is 0 Å². The maximum atomic E-state index is 12.7. The molecule has 1 heterocycles.